The van der Waals surface area contributed by atoms with Crippen LogP contribution in [0.4, 0.5) is 4.79 Å². The van der Waals surface area contributed by atoms with E-state index in [2.05, 4.69) is 20.6 Å². The lowest BCUT2D eigenvalue weighted by atomic mass is 10.3. The molecule has 22 heavy (non-hydrogen) atoms. The number of carbonyl (C=O) groups is 1. The number of nitrogens with zero attached hydrogens (tertiary/aromatic N) is 2. The van der Waals surface area contributed by atoms with Crippen LogP contribution in [0, 0.1) is 0 Å². The van der Waals surface area contributed by atoms with Crippen molar-refractivity contribution in [3.05, 3.63) is 59.6 Å². The minimum atomic E-state index is -0.252. The van der Waals surface area contributed by atoms with Gasteiger partial charge in [-0.2, -0.15) is 0 Å². The molecule has 3 aromatic rings. The molecule has 7 heteroatoms. The summed E-state index contributed by atoms with van der Waals surface area (Å²) in [6.07, 6.45) is 4.94. The summed E-state index contributed by atoms with van der Waals surface area (Å²) in [7, 11) is 0. The van der Waals surface area contributed by atoms with Crippen LogP contribution in [0.5, 0.6) is 0 Å². The predicted octanol–water partition coefficient (Wildman–Crippen LogP) is 2.80. The lowest BCUT2D eigenvalue weighted by Crippen LogP contribution is -2.34. The fourth-order valence-corrected chi connectivity index (χ4v) is 2.47. The molecule has 0 fully saturated rings. The van der Waals surface area contributed by atoms with Crippen molar-refractivity contribution < 1.29 is 9.21 Å². The molecule has 112 valence electrons. The van der Waals surface area contributed by atoms with E-state index in [1.165, 1.54) is 0 Å². The standard InChI is InChI=1S/C15H14N4O2S/c20-15(17-8-11-3-5-16-6-4-11)18-9-12-10-21-14(19-12)13-2-1-7-22-13/h1-7,10H,8-9H2,(H2,17,18,20). The topological polar surface area (TPSA) is 80.0 Å². The maximum atomic E-state index is 11.7. The molecule has 3 aromatic heterocycles. The first-order valence-electron chi connectivity index (χ1n) is 6.70. The SMILES string of the molecule is O=C(NCc1ccncc1)NCc1coc(-c2cccs2)n1. The highest BCUT2D eigenvalue weighted by Gasteiger charge is 2.08. The molecule has 2 N–H and O–H groups in total. The Morgan fingerprint density at radius 1 is 1.18 bits per heavy atom. The van der Waals surface area contributed by atoms with Gasteiger partial charge in [-0.3, -0.25) is 4.98 Å². The zero-order valence-corrected chi connectivity index (χ0v) is 12.5. The zero-order valence-electron chi connectivity index (χ0n) is 11.7. The minimum Gasteiger partial charge on any atom is -0.443 e. The summed E-state index contributed by atoms with van der Waals surface area (Å²) in [6, 6.07) is 7.33. The van der Waals surface area contributed by atoms with Gasteiger partial charge in [-0.25, -0.2) is 9.78 Å². The Morgan fingerprint density at radius 3 is 2.77 bits per heavy atom. The molecule has 0 aromatic carbocycles. The van der Waals surface area contributed by atoms with Crippen LogP contribution in [0.1, 0.15) is 11.3 Å². The van der Waals surface area contributed by atoms with Gasteiger partial charge in [-0.15, -0.1) is 11.3 Å². The number of carbonyl (C=O) groups excluding carboxylic acids is 1. The van der Waals surface area contributed by atoms with Crippen LogP contribution in [0.15, 0.2) is 52.7 Å². The third-order valence-electron chi connectivity index (χ3n) is 2.92. The van der Waals surface area contributed by atoms with E-state index < -0.39 is 0 Å². The molecule has 0 unspecified atom stereocenters. The summed E-state index contributed by atoms with van der Waals surface area (Å²) >= 11 is 1.56. The van der Waals surface area contributed by atoms with Gasteiger partial charge in [0.15, 0.2) is 0 Å². The van der Waals surface area contributed by atoms with E-state index in [1.54, 1.807) is 30.0 Å². The second-order valence-electron chi connectivity index (χ2n) is 4.51. The van der Waals surface area contributed by atoms with Crippen LogP contribution in [0.2, 0.25) is 0 Å². The average molecular weight is 314 g/mol. The van der Waals surface area contributed by atoms with Crippen molar-refractivity contribution in [1.82, 2.24) is 20.6 Å². The number of amides is 2. The van der Waals surface area contributed by atoms with Crippen molar-refractivity contribution in [2.45, 2.75) is 13.1 Å². The number of rotatable bonds is 5. The average Bonchev–Trinajstić information content (AvgIpc) is 3.22. The summed E-state index contributed by atoms with van der Waals surface area (Å²) in [5.41, 5.74) is 1.68. The molecule has 0 atom stereocenters. The van der Waals surface area contributed by atoms with Crippen molar-refractivity contribution in [2.75, 3.05) is 0 Å². The van der Waals surface area contributed by atoms with Crippen LogP contribution >= 0.6 is 11.3 Å². The van der Waals surface area contributed by atoms with Gasteiger partial charge in [0.2, 0.25) is 5.89 Å². The van der Waals surface area contributed by atoms with Crippen molar-refractivity contribution in [1.29, 1.82) is 0 Å². The Morgan fingerprint density at radius 2 is 2.00 bits per heavy atom. The van der Waals surface area contributed by atoms with E-state index in [-0.39, 0.29) is 6.03 Å². The van der Waals surface area contributed by atoms with Gasteiger partial charge in [0, 0.05) is 18.9 Å². The van der Waals surface area contributed by atoms with Gasteiger partial charge in [0.25, 0.3) is 0 Å². The third kappa shape index (κ3) is 3.70. The lowest BCUT2D eigenvalue weighted by Gasteiger charge is -2.05. The van der Waals surface area contributed by atoms with E-state index in [9.17, 15) is 4.79 Å². The molecule has 0 aliphatic heterocycles. The molecule has 3 heterocycles. The molecule has 0 radical (unpaired) electrons. The predicted molar refractivity (Wildman–Crippen MR) is 83.1 cm³/mol. The number of thiophene rings is 1. The van der Waals surface area contributed by atoms with Gasteiger partial charge >= 0.3 is 6.03 Å². The third-order valence-corrected chi connectivity index (χ3v) is 3.77. The van der Waals surface area contributed by atoms with Crippen molar-refractivity contribution in [3.63, 3.8) is 0 Å². The number of oxazole rings is 1. The molecule has 6 nitrogen and oxygen atoms in total. The Kier molecular flexibility index (Phi) is 4.45. The largest absolute Gasteiger partial charge is 0.443 e. The lowest BCUT2D eigenvalue weighted by molar-refractivity contribution is 0.240. The second-order valence-corrected chi connectivity index (χ2v) is 5.46. The zero-order chi connectivity index (χ0) is 15.2. The number of nitrogens with one attached hydrogen (secondary N) is 2. The molecule has 0 aliphatic rings. The van der Waals surface area contributed by atoms with Crippen LogP contribution in [0.3, 0.4) is 0 Å². The highest BCUT2D eigenvalue weighted by atomic mass is 32.1. The molecular formula is C15H14N4O2S. The summed E-state index contributed by atoms with van der Waals surface area (Å²) < 4.78 is 5.39. The van der Waals surface area contributed by atoms with Crippen LogP contribution in [-0.4, -0.2) is 16.0 Å². The maximum Gasteiger partial charge on any atom is 0.315 e. The summed E-state index contributed by atoms with van der Waals surface area (Å²) in [5, 5.41) is 7.47. The maximum absolute atomic E-state index is 11.7. The molecule has 3 rings (SSSR count). The number of aromatic nitrogens is 2. The van der Waals surface area contributed by atoms with E-state index in [1.807, 2.05) is 29.6 Å². The normalized spacial score (nSPS) is 10.4. The van der Waals surface area contributed by atoms with Crippen LogP contribution in [-0.2, 0) is 13.1 Å². The Hall–Kier alpha value is -2.67. The van der Waals surface area contributed by atoms with Crippen molar-refractivity contribution >= 4 is 17.4 Å². The first kappa shape index (κ1) is 14.3. The van der Waals surface area contributed by atoms with Gasteiger partial charge < -0.3 is 15.1 Å². The van der Waals surface area contributed by atoms with E-state index in [4.69, 9.17) is 4.42 Å². The van der Waals surface area contributed by atoms with Crippen molar-refractivity contribution in [3.8, 4) is 10.8 Å². The summed E-state index contributed by atoms with van der Waals surface area (Å²) in [4.78, 5) is 21.0. The van der Waals surface area contributed by atoms with Gasteiger partial charge in [-0.05, 0) is 29.1 Å². The van der Waals surface area contributed by atoms with Gasteiger partial charge in [0.05, 0.1) is 17.1 Å². The number of urea groups is 1. The number of pyridine rings is 1. The van der Waals surface area contributed by atoms with Gasteiger partial charge in [-0.1, -0.05) is 6.07 Å². The molecule has 0 aliphatic carbocycles. The summed E-state index contributed by atoms with van der Waals surface area (Å²) in [5.74, 6) is 0.573. The Labute approximate surface area is 131 Å². The molecule has 0 spiro atoms. The molecule has 2 amide bonds. The monoisotopic (exact) mass is 314 g/mol. The van der Waals surface area contributed by atoms with Crippen LogP contribution in [0.25, 0.3) is 10.8 Å². The van der Waals surface area contributed by atoms with E-state index >= 15 is 0 Å². The quantitative estimate of drug-likeness (QED) is 0.759. The second kappa shape index (κ2) is 6.86. The molecule has 0 saturated carbocycles. The summed E-state index contributed by atoms with van der Waals surface area (Å²) in [6.45, 7) is 0.769. The number of hydrogen-bond acceptors (Lipinski definition) is 5. The van der Waals surface area contributed by atoms with Gasteiger partial charge in [0.1, 0.15) is 6.26 Å². The Balaban J connectivity index is 1.47. The minimum absolute atomic E-state index is 0.252. The molecular weight excluding hydrogens is 300 g/mol. The van der Waals surface area contributed by atoms with E-state index in [0.29, 0.717) is 24.7 Å². The highest BCUT2D eigenvalue weighted by Crippen LogP contribution is 2.23. The highest BCUT2D eigenvalue weighted by molar-refractivity contribution is 7.13. The smallest absolute Gasteiger partial charge is 0.315 e. The fourth-order valence-electron chi connectivity index (χ4n) is 1.82. The number of hydrogen-bond donors (Lipinski definition) is 2. The Bertz CT molecular complexity index is 725. The first-order chi connectivity index (χ1) is 10.8. The first-order valence-corrected chi connectivity index (χ1v) is 7.58. The van der Waals surface area contributed by atoms with Crippen LogP contribution < -0.4 is 10.6 Å². The molecule has 0 bridgehead atoms. The molecule has 0 saturated heterocycles. The van der Waals surface area contributed by atoms with Crippen molar-refractivity contribution in [2.24, 2.45) is 0 Å². The van der Waals surface area contributed by atoms with E-state index in [0.717, 1.165) is 10.4 Å². The fraction of sp³-hybridized carbons (Fsp3) is 0.133.